The van der Waals surface area contributed by atoms with Crippen molar-refractivity contribution in [1.29, 1.82) is 0 Å². The SMILES string of the molecule is c1cc(-c2cccc3c2oc2c(-n4c5cnccc5c5ccncc54)cccc23)cc(-c2cccc3c2oc2c(-n4c5cnccc5c5ccncc54)cccc23)c1. The first kappa shape index (κ1) is 31.1. The number of para-hydroxylation sites is 4. The fourth-order valence-corrected chi connectivity index (χ4v) is 9.22. The van der Waals surface area contributed by atoms with Gasteiger partial charge >= 0.3 is 0 Å². The van der Waals surface area contributed by atoms with E-state index in [0.717, 1.165) is 121 Å². The van der Waals surface area contributed by atoms with E-state index in [9.17, 15) is 0 Å². The van der Waals surface area contributed by atoms with Crippen LogP contribution >= 0.6 is 0 Å². The summed E-state index contributed by atoms with van der Waals surface area (Å²) in [6.07, 6.45) is 15.0. The Morgan fingerprint density at radius 1 is 0.328 bits per heavy atom. The van der Waals surface area contributed by atoms with E-state index < -0.39 is 0 Å². The number of benzene rings is 5. The van der Waals surface area contributed by atoms with Gasteiger partial charge in [-0.15, -0.1) is 0 Å². The summed E-state index contributed by atoms with van der Waals surface area (Å²) in [6.45, 7) is 0. The van der Waals surface area contributed by atoms with Crippen LogP contribution in [-0.4, -0.2) is 29.1 Å². The number of nitrogens with zero attached hydrogens (tertiary/aromatic N) is 6. The molecule has 0 amide bonds. The topological polar surface area (TPSA) is 87.7 Å². The van der Waals surface area contributed by atoms with Crippen LogP contribution in [0.1, 0.15) is 0 Å². The van der Waals surface area contributed by atoms with Gasteiger partial charge in [0.2, 0.25) is 0 Å². The Morgan fingerprint density at radius 2 is 0.672 bits per heavy atom. The Labute approximate surface area is 328 Å². The summed E-state index contributed by atoms with van der Waals surface area (Å²) in [4.78, 5) is 18.0. The van der Waals surface area contributed by atoms with Gasteiger partial charge in [0.1, 0.15) is 11.2 Å². The third-order valence-electron chi connectivity index (χ3n) is 11.7. The minimum atomic E-state index is 0.810. The number of hydrogen-bond acceptors (Lipinski definition) is 6. The van der Waals surface area contributed by atoms with Crippen LogP contribution in [0.5, 0.6) is 0 Å². The van der Waals surface area contributed by atoms with Crippen LogP contribution in [0.3, 0.4) is 0 Å². The summed E-state index contributed by atoms with van der Waals surface area (Å²) >= 11 is 0. The lowest BCUT2D eigenvalue weighted by Gasteiger charge is -2.08. The zero-order chi connectivity index (χ0) is 37.9. The van der Waals surface area contributed by atoms with Gasteiger partial charge in [0.05, 0.1) is 58.2 Å². The predicted molar refractivity (Wildman–Crippen MR) is 232 cm³/mol. The second-order valence-corrected chi connectivity index (χ2v) is 14.7. The maximum atomic E-state index is 6.96. The molecule has 0 aliphatic heterocycles. The summed E-state index contributed by atoms with van der Waals surface area (Å²) in [5.41, 5.74) is 13.3. The summed E-state index contributed by atoms with van der Waals surface area (Å²) in [7, 11) is 0. The maximum absolute atomic E-state index is 6.96. The van der Waals surface area contributed by atoms with Crippen LogP contribution in [-0.2, 0) is 0 Å². The quantitative estimate of drug-likeness (QED) is 0.178. The molecule has 8 nitrogen and oxygen atoms in total. The molecule has 270 valence electrons. The van der Waals surface area contributed by atoms with Gasteiger partial charge in [-0.05, 0) is 53.6 Å². The number of furan rings is 2. The highest BCUT2D eigenvalue weighted by molar-refractivity contribution is 6.16. The molecule has 8 aromatic heterocycles. The van der Waals surface area contributed by atoms with Crippen molar-refractivity contribution in [3.05, 3.63) is 171 Å². The average Bonchev–Trinajstić information content (AvgIpc) is 4.04. The Kier molecular flexibility index (Phi) is 6.29. The number of fused-ring (bicyclic) bond motifs is 12. The number of hydrogen-bond donors (Lipinski definition) is 0. The molecule has 13 aromatic rings. The molecule has 0 saturated heterocycles. The van der Waals surface area contributed by atoms with E-state index in [1.807, 2.05) is 49.6 Å². The van der Waals surface area contributed by atoms with E-state index in [2.05, 4.69) is 150 Å². The molecule has 13 rings (SSSR count). The normalized spacial score (nSPS) is 12.1. The smallest absolute Gasteiger partial charge is 0.159 e. The number of aromatic nitrogens is 6. The second-order valence-electron chi connectivity index (χ2n) is 14.7. The summed E-state index contributed by atoms with van der Waals surface area (Å²) < 4.78 is 18.4. The molecular weight excluding hydrogens is 717 g/mol. The first-order valence-corrected chi connectivity index (χ1v) is 19.2. The van der Waals surface area contributed by atoms with Gasteiger partial charge in [0.15, 0.2) is 11.2 Å². The summed E-state index contributed by atoms with van der Waals surface area (Å²) in [6, 6.07) is 42.4. The molecule has 0 fully saturated rings. The van der Waals surface area contributed by atoms with Crippen molar-refractivity contribution in [2.75, 3.05) is 0 Å². The molecule has 0 aliphatic carbocycles. The molecule has 0 unspecified atom stereocenters. The van der Waals surface area contributed by atoms with Crippen LogP contribution < -0.4 is 0 Å². The first-order chi connectivity index (χ1) is 28.8. The fourth-order valence-electron chi connectivity index (χ4n) is 9.22. The number of rotatable bonds is 4. The average molecular weight is 745 g/mol. The molecule has 0 radical (unpaired) electrons. The highest BCUT2D eigenvalue weighted by Gasteiger charge is 2.22. The van der Waals surface area contributed by atoms with E-state index in [1.165, 1.54) is 0 Å². The van der Waals surface area contributed by atoms with E-state index in [1.54, 1.807) is 0 Å². The van der Waals surface area contributed by atoms with Gasteiger partial charge in [-0.25, -0.2) is 0 Å². The standard InChI is InChI=1S/C50H28N6O2/c1-6-29(31-8-2-10-37-39-12-4-14-41(49(39)57-47(31)37)55-43-25-51-20-16-33(43)34-17-21-52-26-44(34)55)24-30(7-1)32-9-3-11-38-40-13-5-15-42(50(40)58-48(32)38)56-45-27-53-22-18-35(45)36-19-23-54-28-46(36)56/h1-28H. The van der Waals surface area contributed by atoms with Crippen LogP contribution in [0.25, 0.3) is 121 Å². The second kappa shape index (κ2) is 11.7. The lowest BCUT2D eigenvalue weighted by Crippen LogP contribution is -1.94. The predicted octanol–water partition coefficient (Wildman–Crippen LogP) is 12.6. The van der Waals surface area contributed by atoms with Gasteiger partial charge in [0, 0.05) is 79.0 Å². The van der Waals surface area contributed by atoms with Gasteiger partial charge in [-0.3, -0.25) is 19.9 Å². The van der Waals surface area contributed by atoms with Gasteiger partial charge in [0.25, 0.3) is 0 Å². The van der Waals surface area contributed by atoms with Crippen LogP contribution in [0, 0.1) is 0 Å². The molecule has 8 heterocycles. The van der Waals surface area contributed by atoms with Crippen LogP contribution in [0.4, 0.5) is 0 Å². The van der Waals surface area contributed by atoms with Crippen molar-refractivity contribution in [1.82, 2.24) is 29.1 Å². The summed E-state index contributed by atoms with van der Waals surface area (Å²) in [5, 5.41) is 8.69. The molecule has 0 spiro atoms. The molecule has 0 aliphatic rings. The van der Waals surface area contributed by atoms with Crippen molar-refractivity contribution in [2.45, 2.75) is 0 Å². The van der Waals surface area contributed by atoms with Crippen molar-refractivity contribution < 1.29 is 8.83 Å². The highest BCUT2D eigenvalue weighted by atomic mass is 16.3. The van der Waals surface area contributed by atoms with Crippen LogP contribution in [0.15, 0.2) is 180 Å². The molecule has 58 heavy (non-hydrogen) atoms. The third kappa shape index (κ3) is 4.23. The van der Waals surface area contributed by atoms with E-state index >= 15 is 0 Å². The zero-order valence-electron chi connectivity index (χ0n) is 30.7. The molecule has 8 heteroatoms. The Balaban J connectivity index is 0.984. The Bertz CT molecular complexity index is 3480. The molecule has 0 saturated carbocycles. The van der Waals surface area contributed by atoms with Gasteiger partial charge < -0.3 is 18.0 Å². The lowest BCUT2D eigenvalue weighted by molar-refractivity contribution is 0.667. The summed E-state index contributed by atoms with van der Waals surface area (Å²) in [5.74, 6) is 0. The van der Waals surface area contributed by atoms with Crippen molar-refractivity contribution in [3.8, 4) is 33.6 Å². The molecule has 5 aromatic carbocycles. The molecule has 0 atom stereocenters. The largest absolute Gasteiger partial charge is 0.453 e. The molecule has 0 bridgehead atoms. The van der Waals surface area contributed by atoms with E-state index in [0.29, 0.717) is 0 Å². The zero-order valence-corrected chi connectivity index (χ0v) is 30.7. The van der Waals surface area contributed by atoms with Crippen LogP contribution in [0.2, 0.25) is 0 Å². The Morgan fingerprint density at radius 3 is 1.07 bits per heavy atom. The van der Waals surface area contributed by atoms with Crippen molar-refractivity contribution >= 4 is 87.5 Å². The number of pyridine rings is 4. The highest BCUT2D eigenvalue weighted by Crippen LogP contribution is 2.43. The first-order valence-electron chi connectivity index (χ1n) is 19.2. The molecular formula is C50H28N6O2. The third-order valence-corrected chi connectivity index (χ3v) is 11.7. The maximum Gasteiger partial charge on any atom is 0.159 e. The van der Waals surface area contributed by atoms with Gasteiger partial charge in [-0.1, -0.05) is 78.9 Å². The fraction of sp³-hybridized carbons (Fsp3) is 0. The van der Waals surface area contributed by atoms with Crippen molar-refractivity contribution in [2.24, 2.45) is 0 Å². The minimum Gasteiger partial charge on any atom is -0.453 e. The monoisotopic (exact) mass is 744 g/mol. The molecule has 0 N–H and O–H groups in total. The van der Waals surface area contributed by atoms with E-state index in [-0.39, 0.29) is 0 Å². The Hall–Kier alpha value is -8.10. The minimum absolute atomic E-state index is 0.810. The van der Waals surface area contributed by atoms with Gasteiger partial charge in [-0.2, -0.15) is 0 Å². The van der Waals surface area contributed by atoms with Crippen molar-refractivity contribution in [3.63, 3.8) is 0 Å². The van der Waals surface area contributed by atoms with E-state index in [4.69, 9.17) is 8.83 Å². The lowest BCUT2D eigenvalue weighted by atomic mass is 9.96.